The van der Waals surface area contributed by atoms with E-state index in [1.54, 1.807) is 6.20 Å². The zero-order valence-electron chi connectivity index (χ0n) is 8.53. The summed E-state index contributed by atoms with van der Waals surface area (Å²) in [5, 5.41) is 15.4. The first-order chi connectivity index (χ1) is 7.40. The third-order valence-electron chi connectivity index (χ3n) is 2.66. The van der Waals surface area contributed by atoms with Crippen molar-refractivity contribution in [1.82, 2.24) is 10.3 Å². The van der Waals surface area contributed by atoms with Crippen molar-refractivity contribution in [2.45, 2.75) is 6.42 Å². The van der Waals surface area contributed by atoms with Gasteiger partial charge in [0.15, 0.2) is 5.69 Å². The Morgan fingerprint density at radius 1 is 1.67 bits per heavy atom. The van der Waals surface area contributed by atoms with Gasteiger partial charge < -0.3 is 10.6 Å². The van der Waals surface area contributed by atoms with Crippen molar-refractivity contribution >= 4 is 5.69 Å². The van der Waals surface area contributed by atoms with E-state index in [0.717, 1.165) is 25.3 Å². The lowest BCUT2D eigenvalue weighted by molar-refractivity contribution is 0.615. The molecule has 2 heterocycles. The molecular formula is C11H14N4. The standard InChI is InChI=1S/C11H14N4/c12-6-11-10(2-1-4-14-11)15-8-9-3-5-13-7-9/h1-2,4,9,13,15H,3,5,7-8H2. The van der Waals surface area contributed by atoms with E-state index in [1.165, 1.54) is 6.42 Å². The van der Waals surface area contributed by atoms with Crippen LogP contribution in [0.25, 0.3) is 0 Å². The number of rotatable bonds is 3. The minimum Gasteiger partial charge on any atom is -0.382 e. The lowest BCUT2D eigenvalue weighted by atomic mass is 10.1. The van der Waals surface area contributed by atoms with Gasteiger partial charge in [-0.25, -0.2) is 4.98 Å². The third-order valence-corrected chi connectivity index (χ3v) is 2.66. The molecule has 4 nitrogen and oxygen atoms in total. The van der Waals surface area contributed by atoms with Gasteiger partial charge >= 0.3 is 0 Å². The first kappa shape index (κ1) is 9.94. The topological polar surface area (TPSA) is 60.7 Å². The Labute approximate surface area is 89.3 Å². The fourth-order valence-corrected chi connectivity index (χ4v) is 1.78. The zero-order valence-corrected chi connectivity index (χ0v) is 8.53. The highest BCUT2D eigenvalue weighted by Gasteiger charge is 2.14. The van der Waals surface area contributed by atoms with Crippen molar-refractivity contribution in [3.05, 3.63) is 24.0 Å². The maximum Gasteiger partial charge on any atom is 0.163 e. The highest BCUT2D eigenvalue weighted by molar-refractivity contribution is 5.53. The number of pyridine rings is 1. The summed E-state index contributed by atoms with van der Waals surface area (Å²) in [5.41, 5.74) is 1.32. The number of nitriles is 1. The van der Waals surface area contributed by atoms with E-state index in [4.69, 9.17) is 5.26 Å². The van der Waals surface area contributed by atoms with E-state index in [2.05, 4.69) is 21.7 Å². The number of aromatic nitrogens is 1. The molecule has 1 aliphatic heterocycles. The molecule has 0 saturated carbocycles. The Morgan fingerprint density at radius 2 is 2.60 bits per heavy atom. The Bertz CT molecular complexity index is 363. The van der Waals surface area contributed by atoms with Gasteiger partial charge in [0.1, 0.15) is 6.07 Å². The number of nitrogens with zero attached hydrogens (tertiary/aromatic N) is 2. The van der Waals surface area contributed by atoms with Gasteiger partial charge in [-0.05, 0) is 37.6 Å². The molecule has 1 atom stereocenters. The molecule has 1 fully saturated rings. The minimum atomic E-state index is 0.475. The molecule has 0 aromatic carbocycles. The Morgan fingerprint density at radius 3 is 3.33 bits per heavy atom. The van der Waals surface area contributed by atoms with E-state index in [0.29, 0.717) is 11.6 Å². The predicted octanol–water partition coefficient (Wildman–Crippen LogP) is 0.975. The second-order valence-electron chi connectivity index (χ2n) is 3.75. The van der Waals surface area contributed by atoms with Gasteiger partial charge in [-0.2, -0.15) is 5.26 Å². The summed E-state index contributed by atoms with van der Waals surface area (Å²) in [5.74, 6) is 0.664. The molecule has 4 heteroatoms. The summed E-state index contributed by atoms with van der Waals surface area (Å²) in [6.07, 6.45) is 2.84. The molecule has 0 spiro atoms. The minimum absolute atomic E-state index is 0.475. The van der Waals surface area contributed by atoms with Crippen molar-refractivity contribution in [2.24, 2.45) is 5.92 Å². The van der Waals surface area contributed by atoms with Gasteiger partial charge in [-0.1, -0.05) is 0 Å². The molecule has 0 radical (unpaired) electrons. The van der Waals surface area contributed by atoms with Crippen molar-refractivity contribution in [3.8, 4) is 6.07 Å². The molecule has 15 heavy (non-hydrogen) atoms. The van der Waals surface area contributed by atoms with Crippen LogP contribution in [0.5, 0.6) is 0 Å². The maximum absolute atomic E-state index is 8.85. The van der Waals surface area contributed by atoms with Crippen LogP contribution < -0.4 is 10.6 Å². The fourth-order valence-electron chi connectivity index (χ4n) is 1.78. The smallest absolute Gasteiger partial charge is 0.163 e. The van der Waals surface area contributed by atoms with Crippen LogP contribution in [0, 0.1) is 17.2 Å². The highest BCUT2D eigenvalue weighted by Crippen LogP contribution is 2.13. The van der Waals surface area contributed by atoms with Gasteiger partial charge in [0.25, 0.3) is 0 Å². The van der Waals surface area contributed by atoms with Gasteiger partial charge in [0, 0.05) is 12.7 Å². The summed E-state index contributed by atoms with van der Waals surface area (Å²) in [4.78, 5) is 4.00. The van der Waals surface area contributed by atoms with Crippen LogP contribution in [0.3, 0.4) is 0 Å². The van der Waals surface area contributed by atoms with Crippen molar-refractivity contribution in [3.63, 3.8) is 0 Å². The quantitative estimate of drug-likeness (QED) is 0.767. The van der Waals surface area contributed by atoms with Crippen LogP contribution >= 0.6 is 0 Å². The van der Waals surface area contributed by atoms with Crippen molar-refractivity contribution < 1.29 is 0 Å². The predicted molar refractivity (Wildman–Crippen MR) is 58.4 cm³/mol. The first-order valence-corrected chi connectivity index (χ1v) is 5.20. The largest absolute Gasteiger partial charge is 0.382 e. The summed E-state index contributed by atoms with van der Waals surface area (Å²) < 4.78 is 0. The van der Waals surface area contributed by atoms with Crippen LogP contribution in [-0.4, -0.2) is 24.6 Å². The molecule has 1 unspecified atom stereocenters. The van der Waals surface area contributed by atoms with Crippen molar-refractivity contribution in [2.75, 3.05) is 25.0 Å². The second kappa shape index (κ2) is 4.76. The molecule has 1 aliphatic rings. The Hall–Kier alpha value is -1.60. The summed E-state index contributed by atoms with van der Waals surface area (Å²) in [6.45, 7) is 3.08. The van der Waals surface area contributed by atoms with Crippen LogP contribution in [-0.2, 0) is 0 Å². The molecule has 0 aliphatic carbocycles. The summed E-state index contributed by atoms with van der Waals surface area (Å²) in [7, 11) is 0. The molecule has 2 N–H and O–H groups in total. The molecule has 78 valence electrons. The van der Waals surface area contributed by atoms with Crippen molar-refractivity contribution in [1.29, 1.82) is 5.26 Å². The lowest BCUT2D eigenvalue weighted by Gasteiger charge is -2.11. The van der Waals surface area contributed by atoms with Gasteiger partial charge in [-0.3, -0.25) is 0 Å². The average Bonchev–Trinajstić information content (AvgIpc) is 2.79. The van der Waals surface area contributed by atoms with E-state index in [9.17, 15) is 0 Å². The van der Waals surface area contributed by atoms with E-state index < -0.39 is 0 Å². The fraction of sp³-hybridized carbons (Fsp3) is 0.455. The van der Waals surface area contributed by atoms with Gasteiger partial charge in [0.2, 0.25) is 0 Å². The average molecular weight is 202 g/mol. The molecule has 1 saturated heterocycles. The number of hydrogen-bond acceptors (Lipinski definition) is 4. The van der Waals surface area contributed by atoms with E-state index in [-0.39, 0.29) is 0 Å². The van der Waals surface area contributed by atoms with Crippen LogP contribution in [0.15, 0.2) is 18.3 Å². The van der Waals surface area contributed by atoms with E-state index >= 15 is 0 Å². The zero-order chi connectivity index (χ0) is 10.5. The third kappa shape index (κ3) is 2.45. The number of hydrogen-bond donors (Lipinski definition) is 2. The molecule has 0 amide bonds. The van der Waals surface area contributed by atoms with E-state index in [1.807, 2.05) is 12.1 Å². The SMILES string of the molecule is N#Cc1ncccc1NCC1CCNC1. The first-order valence-electron chi connectivity index (χ1n) is 5.20. The number of anilines is 1. The second-order valence-corrected chi connectivity index (χ2v) is 3.75. The van der Waals surface area contributed by atoms with Crippen LogP contribution in [0.2, 0.25) is 0 Å². The normalized spacial score (nSPS) is 19.8. The molecular weight excluding hydrogens is 188 g/mol. The van der Waals surface area contributed by atoms with Gasteiger partial charge in [-0.15, -0.1) is 0 Å². The monoisotopic (exact) mass is 202 g/mol. The van der Waals surface area contributed by atoms with Crippen LogP contribution in [0.1, 0.15) is 12.1 Å². The summed E-state index contributed by atoms with van der Waals surface area (Å²) in [6, 6.07) is 5.82. The van der Waals surface area contributed by atoms with Crippen LogP contribution in [0.4, 0.5) is 5.69 Å². The molecule has 1 aromatic rings. The highest BCUT2D eigenvalue weighted by atomic mass is 14.9. The Balaban J connectivity index is 1.95. The summed E-state index contributed by atoms with van der Waals surface area (Å²) >= 11 is 0. The number of nitrogens with one attached hydrogen (secondary N) is 2. The maximum atomic E-state index is 8.85. The Kier molecular flexibility index (Phi) is 3.15. The molecule has 2 rings (SSSR count). The lowest BCUT2D eigenvalue weighted by Crippen LogP contribution is -2.17. The molecule has 1 aromatic heterocycles. The van der Waals surface area contributed by atoms with Gasteiger partial charge in [0.05, 0.1) is 5.69 Å². The molecule has 0 bridgehead atoms.